The number of alkyl halides is 3. The zero-order chi connectivity index (χ0) is 18.1. The zero-order valence-electron chi connectivity index (χ0n) is 14.3. The van der Waals surface area contributed by atoms with E-state index in [0.29, 0.717) is 5.92 Å². The molecule has 1 aliphatic carbocycles. The van der Waals surface area contributed by atoms with Gasteiger partial charge in [-0.3, -0.25) is 0 Å². The number of halogens is 3. The summed E-state index contributed by atoms with van der Waals surface area (Å²) in [6, 6.07) is 6.09. The van der Waals surface area contributed by atoms with E-state index in [1.807, 2.05) is 0 Å². The van der Waals surface area contributed by atoms with Crippen molar-refractivity contribution in [3.05, 3.63) is 24.3 Å². The van der Waals surface area contributed by atoms with E-state index in [-0.39, 0.29) is 17.3 Å². The predicted octanol–water partition coefficient (Wildman–Crippen LogP) is 3.40. The molecule has 0 bridgehead atoms. The lowest BCUT2D eigenvalue weighted by atomic mass is 9.68. The summed E-state index contributed by atoms with van der Waals surface area (Å²) in [4.78, 5) is 2.20. The molecule has 0 radical (unpaired) electrons. The van der Waals surface area contributed by atoms with Crippen molar-refractivity contribution in [1.29, 1.82) is 0 Å². The molecule has 1 heterocycles. The lowest BCUT2D eigenvalue weighted by Gasteiger charge is -2.49. The predicted molar refractivity (Wildman–Crippen MR) is 91.4 cm³/mol. The Hall–Kier alpha value is -1.47. The van der Waals surface area contributed by atoms with E-state index in [2.05, 4.69) is 9.64 Å². The van der Waals surface area contributed by atoms with E-state index in [1.54, 1.807) is 12.1 Å². The summed E-state index contributed by atoms with van der Waals surface area (Å²) in [5.74, 6) is 0.108. The molecular weight excluding hydrogens is 331 g/mol. The first-order valence-corrected chi connectivity index (χ1v) is 8.93. The molecule has 1 saturated heterocycles. The third kappa shape index (κ3) is 4.20. The number of hydrogen-bond donors (Lipinski definition) is 2. The Morgan fingerprint density at radius 2 is 1.80 bits per heavy atom. The maximum Gasteiger partial charge on any atom is 0.573 e. The molecule has 7 heteroatoms. The number of rotatable bonds is 3. The van der Waals surface area contributed by atoms with Gasteiger partial charge in [-0.05, 0) is 55.9 Å². The number of piperidine rings is 1. The third-order valence-electron chi connectivity index (χ3n) is 5.68. The molecule has 0 aromatic heterocycles. The van der Waals surface area contributed by atoms with Crippen LogP contribution in [0.4, 0.5) is 18.9 Å². The SMILES string of the molecule is NC1CCCC[C@]1(N)C1CCCN(c2ccc(OC(F)(F)F)cc2)C1. The van der Waals surface area contributed by atoms with Crippen LogP contribution in [0.2, 0.25) is 0 Å². The first-order chi connectivity index (χ1) is 11.8. The Balaban J connectivity index is 1.69. The molecular formula is C18H26F3N3O. The Kier molecular flexibility index (Phi) is 5.16. The number of hydrogen-bond acceptors (Lipinski definition) is 4. The average Bonchev–Trinajstić information content (AvgIpc) is 2.57. The third-order valence-corrected chi connectivity index (χ3v) is 5.68. The minimum atomic E-state index is -4.67. The van der Waals surface area contributed by atoms with Crippen LogP contribution >= 0.6 is 0 Å². The lowest BCUT2D eigenvalue weighted by Crippen LogP contribution is -2.64. The fourth-order valence-electron chi connectivity index (χ4n) is 4.27. The van der Waals surface area contributed by atoms with Gasteiger partial charge in [-0.15, -0.1) is 13.2 Å². The molecule has 3 atom stereocenters. The summed E-state index contributed by atoms with van der Waals surface area (Å²) in [5, 5.41) is 0. The molecule has 1 aromatic rings. The highest BCUT2D eigenvalue weighted by molar-refractivity contribution is 5.49. The van der Waals surface area contributed by atoms with Crippen molar-refractivity contribution in [3.8, 4) is 5.75 Å². The van der Waals surface area contributed by atoms with Gasteiger partial charge in [0.25, 0.3) is 0 Å². The van der Waals surface area contributed by atoms with Crippen molar-refractivity contribution in [2.75, 3.05) is 18.0 Å². The summed E-state index contributed by atoms with van der Waals surface area (Å²) >= 11 is 0. The highest BCUT2D eigenvalue weighted by atomic mass is 19.4. The zero-order valence-corrected chi connectivity index (χ0v) is 14.3. The van der Waals surface area contributed by atoms with Gasteiger partial charge in [0, 0.05) is 30.4 Å². The van der Waals surface area contributed by atoms with Crippen molar-refractivity contribution in [2.45, 2.75) is 56.5 Å². The molecule has 1 saturated carbocycles. The van der Waals surface area contributed by atoms with E-state index < -0.39 is 6.36 Å². The molecule has 25 heavy (non-hydrogen) atoms. The van der Waals surface area contributed by atoms with Crippen molar-refractivity contribution < 1.29 is 17.9 Å². The average molecular weight is 357 g/mol. The molecule has 2 fully saturated rings. The monoisotopic (exact) mass is 357 g/mol. The van der Waals surface area contributed by atoms with Gasteiger partial charge in [0.1, 0.15) is 5.75 Å². The van der Waals surface area contributed by atoms with Crippen molar-refractivity contribution in [2.24, 2.45) is 17.4 Å². The molecule has 2 aliphatic rings. The molecule has 1 aliphatic heterocycles. The smallest absolute Gasteiger partial charge is 0.406 e. The van der Waals surface area contributed by atoms with Gasteiger partial charge in [-0.1, -0.05) is 12.8 Å². The van der Waals surface area contributed by atoms with Crippen molar-refractivity contribution in [3.63, 3.8) is 0 Å². The molecule has 140 valence electrons. The van der Waals surface area contributed by atoms with Gasteiger partial charge in [0.05, 0.1) is 0 Å². The minimum absolute atomic E-state index is 0.0220. The van der Waals surface area contributed by atoms with Crippen LogP contribution in [0.5, 0.6) is 5.75 Å². The molecule has 4 N–H and O–H groups in total. The van der Waals surface area contributed by atoms with E-state index in [1.165, 1.54) is 12.1 Å². The van der Waals surface area contributed by atoms with Crippen LogP contribution in [0.25, 0.3) is 0 Å². The van der Waals surface area contributed by atoms with Crippen LogP contribution in [0, 0.1) is 5.92 Å². The molecule has 1 aromatic carbocycles. The summed E-state index contributed by atoms with van der Waals surface area (Å²) in [6.07, 6.45) is 1.57. The second-order valence-electron chi connectivity index (χ2n) is 7.29. The summed E-state index contributed by atoms with van der Waals surface area (Å²) in [5.41, 5.74) is 13.6. The second-order valence-corrected chi connectivity index (χ2v) is 7.29. The van der Waals surface area contributed by atoms with Crippen LogP contribution in [0.1, 0.15) is 38.5 Å². The maximum absolute atomic E-state index is 12.3. The Morgan fingerprint density at radius 3 is 2.44 bits per heavy atom. The quantitative estimate of drug-likeness (QED) is 0.870. The summed E-state index contributed by atoms with van der Waals surface area (Å²) < 4.78 is 40.8. The Morgan fingerprint density at radius 1 is 1.08 bits per heavy atom. The molecule has 0 amide bonds. The van der Waals surface area contributed by atoms with E-state index >= 15 is 0 Å². The number of ether oxygens (including phenoxy) is 1. The van der Waals surface area contributed by atoms with Crippen LogP contribution in [-0.4, -0.2) is 31.0 Å². The summed E-state index contributed by atoms with van der Waals surface area (Å²) in [7, 11) is 0. The van der Waals surface area contributed by atoms with Crippen molar-refractivity contribution >= 4 is 5.69 Å². The first-order valence-electron chi connectivity index (χ1n) is 8.93. The maximum atomic E-state index is 12.3. The van der Waals surface area contributed by atoms with Gasteiger partial charge >= 0.3 is 6.36 Å². The number of benzene rings is 1. The Labute approximate surface area is 146 Å². The van der Waals surface area contributed by atoms with Crippen LogP contribution < -0.4 is 21.1 Å². The number of nitrogens with two attached hydrogens (primary N) is 2. The van der Waals surface area contributed by atoms with Gasteiger partial charge in [-0.2, -0.15) is 0 Å². The number of anilines is 1. The van der Waals surface area contributed by atoms with Gasteiger partial charge < -0.3 is 21.1 Å². The van der Waals surface area contributed by atoms with E-state index in [0.717, 1.165) is 57.3 Å². The van der Waals surface area contributed by atoms with Crippen LogP contribution in [0.15, 0.2) is 24.3 Å². The highest BCUT2D eigenvalue weighted by Crippen LogP contribution is 2.37. The largest absolute Gasteiger partial charge is 0.573 e. The molecule has 4 nitrogen and oxygen atoms in total. The topological polar surface area (TPSA) is 64.5 Å². The fraction of sp³-hybridized carbons (Fsp3) is 0.667. The minimum Gasteiger partial charge on any atom is -0.406 e. The second kappa shape index (κ2) is 7.03. The van der Waals surface area contributed by atoms with E-state index in [4.69, 9.17) is 11.5 Å². The Bertz CT molecular complexity index is 578. The highest BCUT2D eigenvalue weighted by Gasteiger charge is 2.43. The van der Waals surface area contributed by atoms with Gasteiger partial charge in [-0.25, -0.2) is 0 Å². The normalized spacial score (nSPS) is 31.0. The standard InChI is InChI=1S/C18H26F3N3O/c19-18(20,21)25-15-8-6-14(7-9-15)24-11-3-4-13(12-24)17(23)10-2-1-5-16(17)22/h6-9,13,16H,1-5,10-12,22-23H2/t13?,16?,17-/m0/s1. The number of nitrogens with zero attached hydrogens (tertiary/aromatic N) is 1. The first kappa shape index (κ1) is 18.3. The van der Waals surface area contributed by atoms with Gasteiger partial charge in [0.15, 0.2) is 0 Å². The van der Waals surface area contributed by atoms with Crippen molar-refractivity contribution in [1.82, 2.24) is 0 Å². The fourth-order valence-corrected chi connectivity index (χ4v) is 4.27. The van der Waals surface area contributed by atoms with Crippen LogP contribution in [-0.2, 0) is 0 Å². The summed E-state index contributed by atoms with van der Waals surface area (Å²) in [6.45, 7) is 1.67. The molecule has 3 rings (SSSR count). The lowest BCUT2D eigenvalue weighted by molar-refractivity contribution is -0.274. The molecule has 0 spiro atoms. The molecule has 2 unspecified atom stereocenters. The van der Waals surface area contributed by atoms with E-state index in [9.17, 15) is 13.2 Å². The van der Waals surface area contributed by atoms with Crippen LogP contribution in [0.3, 0.4) is 0 Å². The van der Waals surface area contributed by atoms with Gasteiger partial charge in [0.2, 0.25) is 0 Å².